The zero-order valence-corrected chi connectivity index (χ0v) is 13.4. The van der Waals surface area contributed by atoms with Crippen LogP contribution in [0.4, 0.5) is 5.69 Å². The van der Waals surface area contributed by atoms with Crippen molar-refractivity contribution in [2.75, 3.05) is 7.11 Å². The van der Waals surface area contributed by atoms with Gasteiger partial charge in [0, 0.05) is 21.4 Å². The molecule has 2 aromatic carbocycles. The van der Waals surface area contributed by atoms with E-state index in [0.717, 1.165) is 4.90 Å². The van der Waals surface area contributed by atoms with Gasteiger partial charge in [-0.1, -0.05) is 17.8 Å². The van der Waals surface area contributed by atoms with E-state index in [1.807, 2.05) is 0 Å². The fraction of sp³-hybridized carbons (Fsp3) is 0.125. The second kappa shape index (κ2) is 7.60. The molecule has 0 bridgehead atoms. The number of carboxylic acids is 1. The van der Waals surface area contributed by atoms with Crippen molar-refractivity contribution in [2.45, 2.75) is 16.2 Å². The van der Waals surface area contributed by atoms with Crippen LogP contribution in [0.25, 0.3) is 0 Å². The van der Waals surface area contributed by atoms with Crippen LogP contribution < -0.4 is 0 Å². The van der Waals surface area contributed by atoms with Crippen molar-refractivity contribution in [3.63, 3.8) is 0 Å². The first-order valence-electron chi connectivity index (χ1n) is 6.76. The van der Waals surface area contributed by atoms with E-state index in [1.165, 1.54) is 31.0 Å². The summed E-state index contributed by atoms with van der Waals surface area (Å²) in [4.78, 5) is 34.0. The first kappa shape index (κ1) is 17.5. The summed E-state index contributed by atoms with van der Waals surface area (Å²) in [5.41, 5.74) is 0.330. The Labute approximate surface area is 141 Å². The summed E-state index contributed by atoms with van der Waals surface area (Å²) < 4.78 is 4.61. The maximum atomic E-state index is 11.4. The van der Waals surface area contributed by atoms with Crippen LogP contribution >= 0.6 is 11.8 Å². The number of ether oxygens (including phenoxy) is 1. The molecule has 24 heavy (non-hydrogen) atoms. The molecule has 0 aliphatic rings. The lowest BCUT2D eigenvalue weighted by Crippen LogP contribution is -2.03. The van der Waals surface area contributed by atoms with Crippen molar-refractivity contribution in [1.29, 1.82) is 0 Å². The minimum atomic E-state index is -1.13. The molecule has 0 unspecified atom stereocenters. The molecule has 0 aliphatic carbocycles. The highest BCUT2D eigenvalue weighted by atomic mass is 32.2. The average molecular weight is 347 g/mol. The minimum Gasteiger partial charge on any atom is -0.481 e. The number of carbonyl (C=O) groups is 2. The quantitative estimate of drug-likeness (QED) is 0.486. The normalized spacial score (nSPS) is 10.2. The highest BCUT2D eigenvalue weighted by molar-refractivity contribution is 7.99. The number of hydrogen-bond donors (Lipinski definition) is 1. The van der Waals surface area contributed by atoms with Crippen molar-refractivity contribution >= 4 is 29.4 Å². The molecule has 0 amide bonds. The molecule has 7 nitrogen and oxygen atoms in total. The van der Waals surface area contributed by atoms with Crippen molar-refractivity contribution in [3.8, 4) is 0 Å². The zero-order chi connectivity index (χ0) is 17.7. The zero-order valence-electron chi connectivity index (χ0n) is 12.6. The van der Waals surface area contributed by atoms with Crippen LogP contribution in [-0.2, 0) is 16.0 Å². The predicted octanol–water partition coefficient (Wildman–Crippen LogP) is 3.16. The lowest BCUT2D eigenvalue weighted by atomic mass is 10.1. The van der Waals surface area contributed by atoms with Gasteiger partial charge in [-0.15, -0.1) is 0 Å². The molecule has 0 aromatic heterocycles. The van der Waals surface area contributed by atoms with Crippen LogP contribution in [0.1, 0.15) is 15.9 Å². The second-order valence-electron chi connectivity index (χ2n) is 4.74. The van der Waals surface area contributed by atoms with Gasteiger partial charge in [0.2, 0.25) is 0 Å². The molecular formula is C16H13NO6S. The molecule has 0 saturated heterocycles. The largest absolute Gasteiger partial charge is 0.481 e. The van der Waals surface area contributed by atoms with Crippen molar-refractivity contribution in [1.82, 2.24) is 0 Å². The summed E-state index contributed by atoms with van der Waals surface area (Å²) in [6.07, 6.45) is -0.408. The first-order valence-corrected chi connectivity index (χ1v) is 7.57. The summed E-state index contributed by atoms with van der Waals surface area (Å²) in [6.45, 7) is 0. The summed E-state index contributed by atoms with van der Waals surface area (Å²) in [5.74, 6) is -1.57. The Kier molecular flexibility index (Phi) is 5.54. The lowest BCUT2D eigenvalue weighted by Gasteiger charge is -2.05. The number of rotatable bonds is 6. The first-order chi connectivity index (χ1) is 11.4. The Hall–Kier alpha value is -2.87. The van der Waals surface area contributed by atoms with E-state index in [4.69, 9.17) is 5.11 Å². The van der Waals surface area contributed by atoms with Gasteiger partial charge < -0.3 is 9.84 Å². The van der Waals surface area contributed by atoms with Crippen molar-refractivity contribution in [2.24, 2.45) is 0 Å². The smallest absolute Gasteiger partial charge is 0.337 e. The molecule has 124 valence electrons. The lowest BCUT2D eigenvalue weighted by molar-refractivity contribution is -0.385. The molecule has 0 saturated carbocycles. The predicted molar refractivity (Wildman–Crippen MR) is 86.3 cm³/mol. The van der Waals surface area contributed by atoms with Crippen LogP contribution in [-0.4, -0.2) is 29.1 Å². The Balaban J connectivity index is 2.23. The number of nitrogens with zero attached hydrogens (tertiary/aromatic N) is 1. The molecule has 0 heterocycles. The van der Waals surface area contributed by atoms with Gasteiger partial charge in [-0.25, -0.2) is 4.79 Å². The van der Waals surface area contributed by atoms with E-state index in [1.54, 1.807) is 30.3 Å². The third kappa shape index (κ3) is 4.32. The van der Waals surface area contributed by atoms with E-state index >= 15 is 0 Å². The molecule has 0 fully saturated rings. The van der Waals surface area contributed by atoms with Crippen molar-refractivity contribution in [3.05, 3.63) is 63.7 Å². The number of carbonyl (C=O) groups excluding carboxylic acids is 1. The van der Waals surface area contributed by atoms with Gasteiger partial charge >= 0.3 is 11.9 Å². The van der Waals surface area contributed by atoms with Gasteiger partial charge in [0.15, 0.2) is 0 Å². The van der Waals surface area contributed by atoms with E-state index in [0.29, 0.717) is 10.5 Å². The summed E-state index contributed by atoms with van der Waals surface area (Å²) in [7, 11) is 1.29. The number of benzene rings is 2. The van der Waals surface area contributed by atoms with Gasteiger partial charge in [0.1, 0.15) is 0 Å². The molecule has 0 spiro atoms. The molecule has 0 atom stereocenters. The van der Waals surface area contributed by atoms with Crippen molar-refractivity contribution < 1.29 is 24.4 Å². The van der Waals surface area contributed by atoms with Gasteiger partial charge in [-0.05, 0) is 30.3 Å². The SMILES string of the molecule is COC(=O)c1ccc(Sc2ccc(CC(=O)O)c([N+](=O)[O-])c2)cc1. The molecular weight excluding hydrogens is 334 g/mol. The fourth-order valence-corrected chi connectivity index (χ4v) is 2.85. The third-order valence-corrected chi connectivity index (χ3v) is 4.10. The van der Waals surface area contributed by atoms with Gasteiger partial charge in [0.05, 0.1) is 24.0 Å². The van der Waals surface area contributed by atoms with E-state index in [9.17, 15) is 19.7 Å². The number of methoxy groups -OCH3 is 1. The topological polar surface area (TPSA) is 107 Å². The highest BCUT2D eigenvalue weighted by Gasteiger charge is 2.17. The molecule has 0 radical (unpaired) electrons. The summed E-state index contributed by atoms with van der Waals surface area (Å²) >= 11 is 1.27. The van der Waals surface area contributed by atoms with Crippen LogP contribution in [0, 0.1) is 10.1 Å². The molecule has 8 heteroatoms. The number of aliphatic carboxylic acids is 1. The van der Waals surface area contributed by atoms with Gasteiger partial charge in [0.25, 0.3) is 5.69 Å². The molecule has 0 aliphatic heterocycles. The number of hydrogen-bond acceptors (Lipinski definition) is 6. The standard InChI is InChI=1S/C16H13NO6S/c1-23-16(20)10-2-5-12(6-3-10)24-13-7-4-11(8-15(18)19)14(9-13)17(21)22/h2-7,9H,8H2,1H3,(H,18,19). The minimum absolute atomic E-state index is 0.151. The molecule has 2 aromatic rings. The summed E-state index contributed by atoms with van der Waals surface area (Å²) in [6, 6.07) is 11.0. The average Bonchev–Trinajstić information content (AvgIpc) is 2.55. The van der Waals surface area contributed by atoms with E-state index in [-0.39, 0.29) is 11.3 Å². The molecule has 1 N–H and O–H groups in total. The number of esters is 1. The van der Waals surface area contributed by atoms with Crippen LogP contribution in [0.5, 0.6) is 0 Å². The van der Waals surface area contributed by atoms with Crippen LogP contribution in [0.15, 0.2) is 52.3 Å². The third-order valence-electron chi connectivity index (χ3n) is 3.11. The number of carboxylic acid groups (broad SMARTS) is 1. The second-order valence-corrected chi connectivity index (χ2v) is 5.88. The van der Waals surface area contributed by atoms with Gasteiger partial charge in [-0.3, -0.25) is 14.9 Å². The van der Waals surface area contributed by atoms with E-state index < -0.39 is 23.3 Å². The Bertz CT molecular complexity index is 788. The van der Waals surface area contributed by atoms with Gasteiger partial charge in [-0.2, -0.15) is 0 Å². The fourth-order valence-electron chi connectivity index (χ4n) is 2.00. The Morgan fingerprint density at radius 2 is 1.79 bits per heavy atom. The van der Waals surface area contributed by atoms with Crippen LogP contribution in [0.3, 0.4) is 0 Å². The maximum Gasteiger partial charge on any atom is 0.337 e. The maximum absolute atomic E-state index is 11.4. The molecule has 2 rings (SSSR count). The van der Waals surface area contributed by atoms with E-state index in [2.05, 4.69) is 4.74 Å². The monoisotopic (exact) mass is 347 g/mol. The Morgan fingerprint density at radius 1 is 1.17 bits per heavy atom. The number of nitro benzene ring substituents is 1. The number of nitro groups is 1. The Morgan fingerprint density at radius 3 is 2.33 bits per heavy atom. The highest BCUT2D eigenvalue weighted by Crippen LogP contribution is 2.32. The summed E-state index contributed by atoms with van der Waals surface area (Å²) in [5, 5.41) is 19.9. The van der Waals surface area contributed by atoms with Crippen LogP contribution in [0.2, 0.25) is 0 Å².